The number of fused-ring (bicyclic) bond motifs is 1. The summed E-state index contributed by atoms with van der Waals surface area (Å²) in [6, 6.07) is 0. The van der Waals surface area contributed by atoms with Gasteiger partial charge < -0.3 is 5.73 Å². The van der Waals surface area contributed by atoms with E-state index in [1.165, 1.54) is 0 Å². The van der Waals surface area contributed by atoms with Crippen molar-refractivity contribution in [3.8, 4) is 0 Å². The average molecular weight is 227 g/mol. The number of nitrogen functional groups attached to an aromatic ring is 1. The van der Waals surface area contributed by atoms with Crippen molar-refractivity contribution in [3.05, 3.63) is 22.8 Å². The number of anilines is 1. The van der Waals surface area contributed by atoms with Gasteiger partial charge >= 0.3 is 0 Å². The summed E-state index contributed by atoms with van der Waals surface area (Å²) in [7, 11) is 0. The van der Waals surface area contributed by atoms with Gasteiger partial charge in [0.1, 0.15) is 15.9 Å². The molecule has 0 aromatic carbocycles. The highest BCUT2D eigenvalue weighted by Crippen LogP contribution is 2.21. The monoisotopic (exact) mass is 226 g/mol. The first-order chi connectivity index (χ1) is 5.70. The Kier molecular flexibility index (Phi) is 1.54. The number of aryl methyl sites for hydroxylation is 1. The minimum atomic E-state index is 0.491. The Balaban J connectivity index is 2.99. The predicted molar refractivity (Wildman–Crippen MR) is 49.8 cm³/mol. The summed E-state index contributed by atoms with van der Waals surface area (Å²) in [4.78, 5) is 8.18. The number of imidazole rings is 1. The van der Waals surface area contributed by atoms with Crippen LogP contribution >= 0.6 is 15.9 Å². The van der Waals surface area contributed by atoms with Crippen LogP contribution in [0.15, 0.2) is 17.0 Å². The lowest BCUT2D eigenvalue weighted by Gasteiger charge is -1.97. The smallest absolute Gasteiger partial charge is 0.150 e. The molecule has 0 amide bonds. The van der Waals surface area contributed by atoms with Crippen molar-refractivity contribution in [1.82, 2.24) is 14.4 Å². The topological polar surface area (TPSA) is 56.2 Å². The molecule has 0 aliphatic rings. The highest BCUT2D eigenvalue weighted by Gasteiger charge is 2.07. The van der Waals surface area contributed by atoms with Crippen molar-refractivity contribution in [1.29, 1.82) is 0 Å². The van der Waals surface area contributed by atoms with E-state index < -0.39 is 0 Å². The lowest BCUT2D eigenvalue weighted by Crippen LogP contribution is -1.95. The van der Waals surface area contributed by atoms with Gasteiger partial charge in [-0.1, -0.05) is 0 Å². The second-order valence-corrected chi connectivity index (χ2v) is 3.23. The summed E-state index contributed by atoms with van der Waals surface area (Å²) in [5, 5.41) is 0. The molecule has 0 saturated carbocycles. The quantitative estimate of drug-likeness (QED) is 0.739. The molecule has 5 heteroatoms. The second-order valence-electron chi connectivity index (χ2n) is 2.48. The standard InChI is InChI=1S/C7H7BrN4/c1-4-11-6(8)5-7(9)10-2-3-12(4)5/h2-3H,1H3,(H2,9,10). The van der Waals surface area contributed by atoms with Crippen molar-refractivity contribution in [3.63, 3.8) is 0 Å². The Morgan fingerprint density at radius 1 is 1.58 bits per heavy atom. The van der Waals surface area contributed by atoms with E-state index in [2.05, 4.69) is 25.9 Å². The van der Waals surface area contributed by atoms with Crippen LogP contribution in [0.3, 0.4) is 0 Å². The predicted octanol–water partition coefficient (Wildman–Crippen LogP) is 1.38. The van der Waals surface area contributed by atoms with Gasteiger partial charge in [-0.25, -0.2) is 9.97 Å². The SMILES string of the molecule is Cc1nc(Br)c2c(N)nccn12. The Labute approximate surface area is 77.6 Å². The highest BCUT2D eigenvalue weighted by molar-refractivity contribution is 9.10. The summed E-state index contributed by atoms with van der Waals surface area (Å²) >= 11 is 3.32. The summed E-state index contributed by atoms with van der Waals surface area (Å²) in [6.45, 7) is 1.91. The molecule has 0 bridgehead atoms. The third-order valence-corrected chi connectivity index (χ3v) is 2.27. The third-order valence-electron chi connectivity index (χ3n) is 1.72. The fourth-order valence-corrected chi connectivity index (χ4v) is 1.81. The summed E-state index contributed by atoms with van der Waals surface area (Å²) in [5.41, 5.74) is 6.50. The van der Waals surface area contributed by atoms with E-state index in [1.54, 1.807) is 6.20 Å². The number of rotatable bonds is 0. The van der Waals surface area contributed by atoms with Crippen LogP contribution in [0.2, 0.25) is 0 Å². The molecule has 0 saturated heterocycles. The minimum Gasteiger partial charge on any atom is -0.382 e. The van der Waals surface area contributed by atoms with Gasteiger partial charge in [-0.2, -0.15) is 0 Å². The molecule has 62 valence electrons. The molecule has 0 spiro atoms. The lowest BCUT2D eigenvalue weighted by atomic mass is 10.5. The molecule has 2 rings (SSSR count). The zero-order chi connectivity index (χ0) is 8.72. The molecule has 0 fully saturated rings. The lowest BCUT2D eigenvalue weighted by molar-refractivity contribution is 1.03. The Morgan fingerprint density at radius 2 is 2.33 bits per heavy atom. The molecule has 12 heavy (non-hydrogen) atoms. The number of aromatic nitrogens is 3. The minimum absolute atomic E-state index is 0.491. The van der Waals surface area contributed by atoms with E-state index in [-0.39, 0.29) is 0 Å². The van der Waals surface area contributed by atoms with Gasteiger partial charge in [-0.05, 0) is 22.9 Å². The molecule has 0 unspecified atom stereocenters. The van der Waals surface area contributed by atoms with Crippen LogP contribution in [0, 0.1) is 6.92 Å². The molecule has 0 radical (unpaired) electrons. The van der Waals surface area contributed by atoms with Crippen molar-refractivity contribution in [2.75, 3.05) is 5.73 Å². The Bertz CT molecular complexity index is 434. The first kappa shape index (κ1) is 7.54. The van der Waals surface area contributed by atoms with Gasteiger partial charge in [-0.15, -0.1) is 0 Å². The van der Waals surface area contributed by atoms with Crippen LogP contribution in [-0.2, 0) is 0 Å². The first-order valence-corrected chi connectivity index (χ1v) is 4.24. The van der Waals surface area contributed by atoms with Crippen molar-refractivity contribution in [2.24, 2.45) is 0 Å². The fraction of sp³-hybridized carbons (Fsp3) is 0.143. The molecular weight excluding hydrogens is 220 g/mol. The molecule has 4 nitrogen and oxygen atoms in total. The average Bonchev–Trinajstić information content (AvgIpc) is 2.29. The van der Waals surface area contributed by atoms with Gasteiger partial charge in [0.05, 0.1) is 0 Å². The second kappa shape index (κ2) is 2.45. The van der Waals surface area contributed by atoms with E-state index in [9.17, 15) is 0 Å². The van der Waals surface area contributed by atoms with E-state index >= 15 is 0 Å². The van der Waals surface area contributed by atoms with Gasteiger partial charge in [0.25, 0.3) is 0 Å². The normalized spacial score (nSPS) is 10.8. The highest BCUT2D eigenvalue weighted by atomic mass is 79.9. The molecule has 0 aliphatic carbocycles. The third kappa shape index (κ3) is 0.896. The maximum Gasteiger partial charge on any atom is 0.150 e. The van der Waals surface area contributed by atoms with E-state index in [1.807, 2.05) is 17.5 Å². The maximum absolute atomic E-state index is 5.67. The summed E-state index contributed by atoms with van der Waals surface area (Å²) in [6.07, 6.45) is 3.49. The van der Waals surface area contributed by atoms with Gasteiger partial charge in [-0.3, -0.25) is 4.40 Å². The van der Waals surface area contributed by atoms with Crippen LogP contribution in [0.1, 0.15) is 5.82 Å². The van der Waals surface area contributed by atoms with E-state index in [0.29, 0.717) is 5.82 Å². The van der Waals surface area contributed by atoms with Gasteiger partial charge in [0.15, 0.2) is 5.82 Å². The van der Waals surface area contributed by atoms with Crippen molar-refractivity contribution >= 4 is 27.3 Å². The van der Waals surface area contributed by atoms with Gasteiger partial charge in [0, 0.05) is 12.4 Å². The molecule has 2 heterocycles. The number of halogens is 1. The number of nitrogens with zero attached hydrogens (tertiary/aromatic N) is 3. The molecule has 2 aromatic heterocycles. The van der Waals surface area contributed by atoms with E-state index in [0.717, 1.165) is 15.9 Å². The Hall–Kier alpha value is -1.10. The molecule has 0 atom stereocenters. The zero-order valence-electron chi connectivity index (χ0n) is 6.45. The molecule has 2 aromatic rings. The molecule has 2 N–H and O–H groups in total. The van der Waals surface area contributed by atoms with Crippen molar-refractivity contribution in [2.45, 2.75) is 6.92 Å². The molecular formula is C7H7BrN4. The number of nitrogens with two attached hydrogens (primary N) is 1. The first-order valence-electron chi connectivity index (χ1n) is 3.45. The van der Waals surface area contributed by atoms with Crippen LogP contribution < -0.4 is 5.73 Å². The Morgan fingerprint density at radius 3 is 3.00 bits per heavy atom. The van der Waals surface area contributed by atoms with Crippen LogP contribution in [0.4, 0.5) is 5.82 Å². The summed E-state index contributed by atoms with van der Waals surface area (Å²) < 4.78 is 2.64. The molecule has 0 aliphatic heterocycles. The van der Waals surface area contributed by atoms with E-state index in [4.69, 9.17) is 5.73 Å². The number of hydrogen-bond donors (Lipinski definition) is 1. The van der Waals surface area contributed by atoms with Crippen molar-refractivity contribution < 1.29 is 0 Å². The summed E-state index contributed by atoms with van der Waals surface area (Å²) in [5.74, 6) is 1.39. The maximum atomic E-state index is 5.67. The van der Waals surface area contributed by atoms with Crippen LogP contribution in [0.5, 0.6) is 0 Å². The van der Waals surface area contributed by atoms with Gasteiger partial charge in [0.2, 0.25) is 0 Å². The fourth-order valence-electron chi connectivity index (χ4n) is 1.16. The van der Waals surface area contributed by atoms with Crippen LogP contribution in [0.25, 0.3) is 5.52 Å². The number of hydrogen-bond acceptors (Lipinski definition) is 3. The zero-order valence-corrected chi connectivity index (χ0v) is 8.04. The largest absolute Gasteiger partial charge is 0.382 e. The van der Waals surface area contributed by atoms with Crippen LogP contribution in [-0.4, -0.2) is 14.4 Å².